The monoisotopic (exact) mass is 654 g/mol. The van der Waals surface area contributed by atoms with Gasteiger partial charge in [0.2, 0.25) is 27.7 Å². The Morgan fingerprint density at radius 3 is 1.74 bits per heavy atom. The van der Waals surface area contributed by atoms with Gasteiger partial charge >= 0.3 is 0 Å². The van der Waals surface area contributed by atoms with Gasteiger partial charge in [-0.1, -0.05) is 115 Å². The van der Waals surface area contributed by atoms with Gasteiger partial charge in [-0.15, -0.1) is 0 Å². The number of primary amides is 1. The number of carbonyl (C=O) groups excluding carboxylic acids is 3. The lowest BCUT2D eigenvalue weighted by Crippen LogP contribution is -2.55. The maximum absolute atomic E-state index is 14.2. The number of nitrogens with two attached hydrogens (primary N) is 2. The number of amidine groups is 1. The van der Waals surface area contributed by atoms with Crippen LogP contribution in [-0.4, -0.2) is 44.1 Å². The lowest BCUT2D eigenvalue weighted by molar-refractivity contribution is -0.130. The Morgan fingerprint density at radius 1 is 0.702 bits per heavy atom. The van der Waals surface area contributed by atoms with Gasteiger partial charge in [0.1, 0.15) is 17.9 Å². The molecule has 12 heteroatoms. The normalized spacial score (nSPS) is 12.5. The summed E-state index contributed by atoms with van der Waals surface area (Å²) in [6.07, 6.45) is -0.308. The molecule has 8 N–H and O–H groups in total. The van der Waals surface area contributed by atoms with E-state index in [1.807, 2.05) is 12.1 Å². The second-order valence-corrected chi connectivity index (χ2v) is 12.8. The number of nitrogens with one attached hydrogen (secondary N) is 4. The van der Waals surface area contributed by atoms with Crippen LogP contribution in [0.3, 0.4) is 0 Å². The third-order valence-electron chi connectivity index (χ3n) is 7.48. The first-order valence-corrected chi connectivity index (χ1v) is 16.6. The molecule has 0 saturated carbocycles. The summed E-state index contributed by atoms with van der Waals surface area (Å²) in [5, 5.41) is 13.0. The molecular formula is C35H38N6O5S. The first-order chi connectivity index (χ1) is 22.5. The van der Waals surface area contributed by atoms with Crippen molar-refractivity contribution in [3.05, 3.63) is 143 Å². The SMILES string of the molecule is N=C(N)c1ccc(CNC(=O)C(CCC(N)=O)NC(=O)C(NS(=O)(=O)Cc2ccccc2)C(c2ccccc2)c2ccccc2)cc1. The summed E-state index contributed by atoms with van der Waals surface area (Å²) in [6.45, 7) is 0.0871. The van der Waals surface area contributed by atoms with E-state index in [-0.39, 0.29) is 31.0 Å². The largest absolute Gasteiger partial charge is 0.384 e. The fourth-order valence-corrected chi connectivity index (χ4v) is 6.48. The smallest absolute Gasteiger partial charge is 0.242 e. The zero-order valence-electron chi connectivity index (χ0n) is 25.6. The van der Waals surface area contributed by atoms with E-state index in [1.54, 1.807) is 103 Å². The molecular weight excluding hydrogens is 616 g/mol. The van der Waals surface area contributed by atoms with Crippen molar-refractivity contribution in [2.45, 2.75) is 43.1 Å². The van der Waals surface area contributed by atoms with Crippen molar-refractivity contribution in [2.75, 3.05) is 0 Å². The van der Waals surface area contributed by atoms with E-state index in [1.165, 1.54) is 0 Å². The minimum absolute atomic E-state index is 0.0871. The average Bonchev–Trinajstić information content (AvgIpc) is 3.06. The molecule has 4 aromatic carbocycles. The van der Waals surface area contributed by atoms with Gasteiger partial charge in [-0.05, 0) is 28.7 Å². The number of sulfonamides is 1. The summed E-state index contributed by atoms with van der Waals surface area (Å²) < 4.78 is 29.8. The highest BCUT2D eigenvalue weighted by Crippen LogP contribution is 2.29. The van der Waals surface area contributed by atoms with Gasteiger partial charge in [0.05, 0.1) is 5.75 Å². The van der Waals surface area contributed by atoms with Crippen molar-refractivity contribution in [3.63, 3.8) is 0 Å². The Labute approximate surface area is 274 Å². The molecule has 3 amide bonds. The van der Waals surface area contributed by atoms with E-state index in [9.17, 15) is 22.8 Å². The van der Waals surface area contributed by atoms with E-state index in [4.69, 9.17) is 16.9 Å². The molecule has 0 spiro atoms. The highest BCUT2D eigenvalue weighted by atomic mass is 32.2. The highest BCUT2D eigenvalue weighted by Gasteiger charge is 2.36. The van der Waals surface area contributed by atoms with Gasteiger partial charge in [0.15, 0.2) is 0 Å². The summed E-state index contributed by atoms with van der Waals surface area (Å²) in [7, 11) is -4.09. The second kappa shape index (κ2) is 16.3. The van der Waals surface area contributed by atoms with Crippen molar-refractivity contribution < 1.29 is 22.8 Å². The Hall–Kier alpha value is -5.33. The number of amides is 3. The Bertz CT molecular complexity index is 1730. The molecule has 0 radical (unpaired) electrons. The van der Waals surface area contributed by atoms with Crippen LogP contribution in [0.15, 0.2) is 115 Å². The Balaban J connectivity index is 1.65. The van der Waals surface area contributed by atoms with Crippen LogP contribution in [0.4, 0.5) is 0 Å². The third kappa shape index (κ3) is 10.3. The predicted molar refractivity (Wildman–Crippen MR) is 180 cm³/mol. The van der Waals surface area contributed by atoms with Crippen LogP contribution in [0.5, 0.6) is 0 Å². The van der Waals surface area contributed by atoms with Crippen LogP contribution in [-0.2, 0) is 36.7 Å². The molecule has 2 atom stereocenters. The number of benzene rings is 4. The van der Waals surface area contributed by atoms with Gasteiger partial charge in [-0.3, -0.25) is 19.8 Å². The maximum atomic E-state index is 14.2. The zero-order valence-corrected chi connectivity index (χ0v) is 26.5. The van der Waals surface area contributed by atoms with Crippen LogP contribution in [0, 0.1) is 5.41 Å². The van der Waals surface area contributed by atoms with Gasteiger partial charge in [-0.25, -0.2) is 13.1 Å². The lowest BCUT2D eigenvalue weighted by atomic mass is 9.85. The number of hydrogen-bond acceptors (Lipinski definition) is 6. The molecule has 4 aromatic rings. The van der Waals surface area contributed by atoms with Gasteiger partial charge in [0.25, 0.3) is 0 Å². The van der Waals surface area contributed by atoms with E-state index >= 15 is 0 Å². The van der Waals surface area contributed by atoms with E-state index in [0.717, 1.165) is 0 Å². The van der Waals surface area contributed by atoms with Crippen molar-refractivity contribution in [1.82, 2.24) is 15.4 Å². The highest BCUT2D eigenvalue weighted by molar-refractivity contribution is 7.88. The number of carbonyl (C=O) groups is 3. The number of nitrogen functional groups attached to an aromatic ring is 1. The van der Waals surface area contributed by atoms with Crippen LogP contribution in [0.2, 0.25) is 0 Å². The molecule has 0 saturated heterocycles. The molecule has 4 rings (SSSR count). The quantitative estimate of drug-likeness (QED) is 0.0793. The fraction of sp³-hybridized carbons (Fsp3) is 0.200. The minimum atomic E-state index is -4.09. The molecule has 47 heavy (non-hydrogen) atoms. The summed E-state index contributed by atoms with van der Waals surface area (Å²) >= 11 is 0. The van der Waals surface area contributed by atoms with Crippen LogP contribution >= 0.6 is 0 Å². The first kappa shape index (κ1) is 34.5. The summed E-state index contributed by atoms with van der Waals surface area (Å²) in [4.78, 5) is 39.4. The molecule has 0 aliphatic heterocycles. The zero-order chi connectivity index (χ0) is 33.8. The van der Waals surface area contributed by atoms with Crippen LogP contribution < -0.4 is 26.8 Å². The molecule has 0 fully saturated rings. The fourth-order valence-electron chi connectivity index (χ4n) is 5.13. The average molecular weight is 655 g/mol. The molecule has 0 heterocycles. The van der Waals surface area contributed by atoms with Crippen molar-refractivity contribution in [3.8, 4) is 0 Å². The molecule has 244 valence electrons. The summed E-state index contributed by atoms with van der Waals surface area (Å²) in [6, 6.07) is 30.7. The first-order valence-electron chi connectivity index (χ1n) is 15.0. The molecule has 0 aliphatic rings. The van der Waals surface area contributed by atoms with E-state index < -0.39 is 45.7 Å². The number of hydrogen-bond donors (Lipinski definition) is 6. The minimum Gasteiger partial charge on any atom is -0.384 e. The van der Waals surface area contributed by atoms with Gasteiger partial charge in [0, 0.05) is 24.4 Å². The Kier molecular flexibility index (Phi) is 12.0. The molecule has 2 unspecified atom stereocenters. The number of rotatable bonds is 16. The second-order valence-electron chi connectivity index (χ2n) is 11.0. The summed E-state index contributed by atoms with van der Waals surface area (Å²) in [5.74, 6) is -3.24. The van der Waals surface area contributed by atoms with Crippen molar-refractivity contribution in [2.24, 2.45) is 11.5 Å². The maximum Gasteiger partial charge on any atom is 0.242 e. The predicted octanol–water partition coefficient (Wildman–Crippen LogP) is 2.66. The van der Waals surface area contributed by atoms with Crippen molar-refractivity contribution in [1.29, 1.82) is 5.41 Å². The standard InChI is InChI=1S/C35H38N6O5S/c36-30(42)21-20-29(34(43)39-22-24-16-18-28(19-17-24)33(37)38)40-35(44)32(41-47(45,46)23-25-10-4-1-5-11-25)31(26-12-6-2-7-13-26)27-14-8-3-9-15-27/h1-19,29,31-32,41H,20-23H2,(H2,36,42)(H3,37,38)(H,39,43)(H,40,44). The van der Waals surface area contributed by atoms with E-state index in [0.29, 0.717) is 27.8 Å². The third-order valence-corrected chi connectivity index (χ3v) is 8.81. The van der Waals surface area contributed by atoms with E-state index in [2.05, 4.69) is 15.4 Å². The van der Waals surface area contributed by atoms with Crippen LogP contribution in [0.1, 0.15) is 46.6 Å². The molecule has 11 nitrogen and oxygen atoms in total. The van der Waals surface area contributed by atoms with Gasteiger partial charge < -0.3 is 22.1 Å². The van der Waals surface area contributed by atoms with Crippen LogP contribution in [0.25, 0.3) is 0 Å². The molecule has 0 bridgehead atoms. The molecule has 0 aliphatic carbocycles. The lowest BCUT2D eigenvalue weighted by Gasteiger charge is -2.30. The van der Waals surface area contributed by atoms with Gasteiger partial charge in [-0.2, -0.15) is 0 Å². The summed E-state index contributed by atoms with van der Waals surface area (Å²) in [5.41, 5.74) is 14.0. The Morgan fingerprint density at radius 2 is 1.23 bits per heavy atom. The topological polar surface area (TPSA) is 197 Å². The van der Waals surface area contributed by atoms with Crippen molar-refractivity contribution >= 4 is 33.6 Å². The molecule has 0 aromatic heterocycles.